The number of hydrogen-bond acceptors (Lipinski definition) is 6. The second-order valence-corrected chi connectivity index (χ2v) is 17.4. The molecule has 57 heavy (non-hydrogen) atoms. The zero-order valence-corrected chi connectivity index (χ0v) is 38.6. The first-order valence-corrected chi connectivity index (χ1v) is 25.6. The van der Waals surface area contributed by atoms with Crippen molar-refractivity contribution >= 4 is 17.9 Å². The van der Waals surface area contributed by atoms with E-state index in [0.29, 0.717) is 19.3 Å². The minimum Gasteiger partial charge on any atom is -0.465 e. The van der Waals surface area contributed by atoms with Crippen molar-refractivity contribution < 1.29 is 28.6 Å². The fourth-order valence-electron chi connectivity index (χ4n) is 7.76. The van der Waals surface area contributed by atoms with Crippen molar-refractivity contribution in [2.75, 3.05) is 6.61 Å². The van der Waals surface area contributed by atoms with E-state index >= 15 is 0 Å². The molecule has 0 fully saturated rings. The van der Waals surface area contributed by atoms with E-state index in [-0.39, 0.29) is 30.9 Å². The molecule has 0 rings (SSSR count). The van der Waals surface area contributed by atoms with Crippen molar-refractivity contribution in [1.82, 2.24) is 0 Å². The molecule has 0 aliphatic rings. The van der Waals surface area contributed by atoms with Crippen LogP contribution in [0.3, 0.4) is 0 Å². The number of unbranched alkanes of at least 4 members (excludes halogenated alkanes) is 36. The first-order valence-electron chi connectivity index (χ1n) is 25.6. The minimum atomic E-state index is -1.000. The first-order chi connectivity index (χ1) is 28.0. The predicted molar refractivity (Wildman–Crippen MR) is 242 cm³/mol. The molecule has 0 saturated carbocycles. The largest absolute Gasteiger partial charge is 0.465 e. The standard InChI is InChI=1S/C51H98O6/c1-4-7-10-13-16-17-18-19-20-21-22-23-24-25-26-27-28-29-30-31-32-33-36-39-42-45-50(54)57-51(56-49(53)44-41-38-35-15-12-9-6-3)46-47-55-48(52)43-40-37-34-14-11-8-5-2/h51H,4-47H2,1-3H3. The SMILES string of the molecule is CCCCCCCCCCCCCCCCCCCCCCCCCCCC(=O)OC(CCOC(=O)CCCCCCCCC)OC(=O)CCCCCCCCC. The van der Waals surface area contributed by atoms with Crippen LogP contribution in [0.25, 0.3) is 0 Å². The van der Waals surface area contributed by atoms with Gasteiger partial charge in [0.2, 0.25) is 0 Å². The van der Waals surface area contributed by atoms with Gasteiger partial charge in [-0.05, 0) is 19.3 Å². The molecule has 0 aromatic rings. The van der Waals surface area contributed by atoms with Crippen LogP contribution in [0, 0.1) is 0 Å². The van der Waals surface area contributed by atoms with E-state index in [1.165, 1.54) is 193 Å². The number of carbonyl (C=O) groups is 3. The van der Waals surface area contributed by atoms with Gasteiger partial charge in [-0.2, -0.15) is 0 Å². The maximum Gasteiger partial charge on any atom is 0.308 e. The van der Waals surface area contributed by atoms with E-state index in [9.17, 15) is 14.4 Å². The molecule has 6 heteroatoms. The van der Waals surface area contributed by atoms with Gasteiger partial charge in [0.05, 0.1) is 13.0 Å². The van der Waals surface area contributed by atoms with Gasteiger partial charge in [0.15, 0.2) is 0 Å². The van der Waals surface area contributed by atoms with Gasteiger partial charge in [0, 0.05) is 19.3 Å². The Morgan fingerprint density at radius 3 is 0.754 bits per heavy atom. The lowest BCUT2D eigenvalue weighted by atomic mass is 10.0. The fourth-order valence-corrected chi connectivity index (χ4v) is 7.76. The summed E-state index contributed by atoms with van der Waals surface area (Å²) in [5, 5.41) is 0. The van der Waals surface area contributed by atoms with Crippen LogP contribution in [0.1, 0.15) is 297 Å². The van der Waals surface area contributed by atoms with E-state index in [2.05, 4.69) is 20.8 Å². The Balaban J connectivity index is 3.96. The molecule has 0 heterocycles. The normalized spacial score (nSPS) is 11.8. The zero-order chi connectivity index (χ0) is 41.5. The molecule has 6 nitrogen and oxygen atoms in total. The molecule has 1 unspecified atom stereocenters. The maximum atomic E-state index is 12.7. The molecule has 0 saturated heterocycles. The van der Waals surface area contributed by atoms with Gasteiger partial charge in [0.25, 0.3) is 6.29 Å². The average Bonchev–Trinajstić information content (AvgIpc) is 3.20. The van der Waals surface area contributed by atoms with E-state index < -0.39 is 6.29 Å². The van der Waals surface area contributed by atoms with Gasteiger partial charge in [-0.15, -0.1) is 0 Å². The molecule has 0 amide bonds. The van der Waals surface area contributed by atoms with Gasteiger partial charge in [-0.25, -0.2) is 0 Å². The summed E-state index contributed by atoms with van der Waals surface area (Å²) in [6, 6.07) is 0. The Morgan fingerprint density at radius 2 is 0.509 bits per heavy atom. The second kappa shape index (κ2) is 47.1. The number of esters is 3. The van der Waals surface area contributed by atoms with Crippen molar-refractivity contribution in [2.24, 2.45) is 0 Å². The van der Waals surface area contributed by atoms with Crippen molar-refractivity contribution in [3.63, 3.8) is 0 Å². The quantitative estimate of drug-likeness (QED) is 0.0346. The number of ether oxygens (including phenoxy) is 3. The molecular formula is C51H98O6. The highest BCUT2D eigenvalue weighted by molar-refractivity contribution is 5.71. The molecule has 0 radical (unpaired) electrons. The Hall–Kier alpha value is -1.59. The van der Waals surface area contributed by atoms with E-state index in [1.54, 1.807) is 0 Å². The van der Waals surface area contributed by atoms with Crippen LogP contribution in [0.4, 0.5) is 0 Å². The lowest BCUT2D eigenvalue weighted by Gasteiger charge is -2.18. The molecule has 0 bridgehead atoms. The third-order valence-corrected chi connectivity index (χ3v) is 11.6. The van der Waals surface area contributed by atoms with Crippen LogP contribution in [-0.4, -0.2) is 30.8 Å². The monoisotopic (exact) mass is 807 g/mol. The number of hydrogen-bond donors (Lipinski definition) is 0. The smallest absolute Gasteiger partial charge is 0.308 e. The van der Waals surface area contributed by atoms with Crippen LogP contribution in [0.5, 0.6) is 0 Å². The van der Waals surface area contributed by atoms with E-state index in [1.807, 2.05) is 0 Å². The van der Waals surface area contributed by atoms with Crippen LogP contribution >= 0.6 is 0 Å². The molecule has 0 spiro atoms. The highest BCUT2D eigenvalue weighted by Gasteiger charge is 2.20. The highest BCUT2D eigenvalue weighted by atomic mass is 16.7. The first kappa shape index (κ1) is 55.4. The summed E-state index contributed by atoms with van der Waals surface area (Å²) in [4.78, 5) is 37.6. The number of rotatable bonds is 47. The molecule has 1 atom stereocenters. The third-order valence-electron chi connectivity index (χ3n) is 11.6. The molecule has 338 valence electrons. The second-order valence-electron chi connectivity index (χ2n) is 17.4. The number of carbonyl (C=O) groups excluding carboxylic acids is 3. The molecule has 0 aliphatic carbocycles. The van der Waals surface area contributed by atoms with Gasteiger partial charge >= 0.3 is 17.9 Å². The van der Waals surface area contributed by atoms with Crippen LogP contribution in [0.2, 0.25) is 0 Å². The van der Waals surface area contributed by atoms with E-state index in [4.69, 9.17) is 14.2 Å². The third kappa shape index (κ3) is 45.3. The van der Waals surface area contributed by atoms with Crippen molar-refractivity contribution in [2.45, 2.75) is 303 Å². The lowest BCUT2D eigenvalue weighted by molar-refractivity contribution is -0.191. The van der Waals surface area contributed by atoms with Gasteiger partial charge in [0.1, 0.15) is 0 Å². The minimum absolute atomic E-state index is 0.0808. The summed E-state index contributed by atoms with van der Waals surface area (Å²) in [6.45, 7) is 6.80. The molecular weight excluding hydrogens is 709 g/mol. The maximum absolute atomic E-state index is 12.7. The summed E-state index contributed by atoms with van der Waals surface area (Å²) in [5.41, 5.74) is 0. The fraction of sp³-hybridized carbons (Fsp3) is 0.941. The van der Waals surface area contributed by atoms with Gasteiger partial charge in [-0.1, -0.05) is 252 Å². The summed E-state index contributed by atoms with van der Waals surface area (Å²) < 4.78 is 16.6. The van der Waals surface area contributed by atoms with E-state index in [0.717, 1.165) is 57.8 Å². The lowest BCUT2D eigenvalue weighted by Crippen LogP contribution is -2.26. The van der Waals surface area contributed by atoms with Crippen molar-refractivity contribution in [1.29, 1.82) is 0 Å². The molecule has 0 aromatic heterocycles. The Morgan fingerprint density at radius 1 is 0.298 bits per heavy atom. The van der Waals surface area contributed by atoms with Gasteiger partial charge < -0.3 is 14.2 Å². The Labute approximate surface area is 355 Å². The molecule has 0 aliphatic heterocycles. The van der Waals surface area contributed by atoms with Crippen LogP contribution in [-0.2, 0) is 28.6 Å². The highest BCUT2D eigenvalue weighted by Crippen LogP contribution is 2.17. The summed E-state index contributed by atoms with van der Waals surface area (Å²) in [5.74, 6) is -0.925. The van der Waals surface area contributed by atoms with Crippen LogP contribution in [0.15, 0.2) is 0 Å². The Bertz CT molecular complexity index is 844. The van der Waals surface area contributed by atoms with Crippen LogP contribution < -0.4 is 0 Å². The predicted octanol–water partition coefficient (Wildman–Crippen LogP) is 16.8. The van der Waals surface area contributed by atoms with Gasteiger partial charge in [-0.3, -0.25) is 14.4 Å². The molecule has 0 aromatic carbocycles. The summed E-state index contributed by atoms with van der Waals surface area (Å²) in [7, 11) is 0. The van der Waals surface area contributed by atoms with Crippen molar-refractivity contribution in [3.8, 4) is 0 Å². The molecule has 0 N–H and O–H groups in total. The summed E-state index contributed by atoms with van der Waals surface area (Å²) >= 11 is 0. The Kier molecular flexibility index (Phi) is 45.8. The topological polar surface area (TPSA) is 78.9 Å². The summed E-state index contributed by atoms with van der Waals surface area (Å²) in [6.07, 6.45) is 49.8. The zero-order valence-electron chi connectivity index (χ0n) is 38.6. The van der Waals surface area contributed by atoms with Crippen molar-refractivity contribution in [3.05, 3.63) is 0 Å². The average molecular weight is 807 g/mol.